The van der Waals surface area contributed by atoms with E-state index in [9.17, 15) is 0 Å². The highest BCUT2D eigenvalue weighted by Crippen LogP contribution is 2.51. The number of rotatable bonds is 6. The summed E-state index contributed by atoms with van der Waals surface area (Å²) in [5.41, 5.74) is 15.9. The first kappa shape index (κ1) is 27.9. The Balaban J connectivity index is 1.34. The van der Waals surface area contributed by atoms with Crippen LogP contribution >= 0.6 is 0 Å². The minimum Gasteiger partial charge on any atom is -0.310 e. The molecule has 0 saturated heterocycles. The summed E-state index contributed by atoms with van der Waals surface area (Å²) < 4.78 is 0. The van der Waals surface area contributed by atoms with E-state index in [0.29, 0.717) is 0 Å². The summed E-state index contributed by atoms with van der Waals surface area (Å²) in [4.78, 5) is 2.42. The molecule has 7 aromatic rings. The number of hydrogen-bond donors (Lipinski definition) is 0. The van der Waals surface area contributed by atoms with Crippen molar-refractivity contribution in [3.63, 3.8) is 0 Å². The quantitative estimate of drug-likeness (QED) is 0.186. The van der Waals surface area contributed by atoms with Crippen LogP contribution in [0.15, 0.2) is 176 Å². The average Bonchev–Trinajstić information content (AvgIpc) is 3.35. The summed E-state index contributed by atoms with van der Waals surface area (Å²) in [6.07, 6.45) is 0. The Bertz CT molecular complexity index is 2090. The van der Waals surface area contributed by atoms with E-state index in [1.165, 1.54) is 55.6 Å². The van der Waals surface area contributed by atoms with Crippen LogP contribution in [0.25, 0.3) is 44.5 Å². The highest BCUT2D eigenvalue weighted by atomic mass is 15.1. The van der Waals surface area contributed by atoms with Gasteiger partial charge in [-0.25, -0.2) is 0 Å². The van der Waals surface area contributed by atoms with Crippen LogP contribution in [0.1, 0.15) is 25.0 Å². The molecule has 0 atom stereocenters. The fourth-order valence-corrected chi connectivity index (χ4v) is 7.06. The molecule has 0 unspecified atom stereocenters. The van der Waals surface area contributed by atoms with E-state index in [-0.39, 0.29) is 5.41 Å². The van der Waals surface area contributed by atoms with Crippen LogP contribution in [0.4, 0.5) is 17.1 Å². The van der Waals surface area contributed by atoms with Crippen molar-refractivity contribution in [3.8, 4) is 44.5 Å². The SMILES string of the molecule is CC1(C)c2ccccc2-c2cc(N(c3ccc(-c4ccccc4)cc3)c3cc(-c4ccccc4)cc(-c4ccccc4)c3)ccc21. The highest BCUT2D eigenvalue weighted by Gasteiger charge is 2.35. The molecular formula is C45H35N. The number of anilines is 3. The molecule has 0 aliphatic heterocycles. The fourth-order valence-electron chi connectivity index (χ4n) is 7.06. The van der Waals surface area contributed by atoms with Gasteiger partial charge in [-0.2, -0.15) is 0 Å². The molecule has 0 amide bonds. The second kappa shape index (κ2) is 11.4. The molecule has 1 aliphatic rings. The zero-order valence-corrected chi connectivity index (χ0v) is 26.2. The molecule has 7 aromatic carbocycles. The van der Waals surface area contributed by atoms with Gasteiger partial charge in [0.2, 0.25) is 0 Å². The fraction of sp³-hybridized carbons (Fsp3) is 0.0667. The number of nitrogens with zero attached hydrogens (tertiary/aromatic N) is 1. The van der Waals surface area contributed by atoms with Gasteiger partial charge in [0.25, 0.3) is 0 Å². The largest absolute Gasteiger partial charge is 0.310 e. The Morgan fingerprint density at radius 2 is 0.783 bits per heavy atom. The maximum absolute atomic E-state index is 2.42. The maximum atomic E-state index is 2.42. The van der Waals surface area contributed by atoms with Gasteiger partial charge in [-0.3, -0.25) is 0 Å². The molecule has 1 aliphatic carbocycles. The van der Waals surface area contributed by atoms with E-state index in [1.807, 2.05) is 0 Å². The van der Waals surface area contributed by atoms with E-state index < -0.39 is 0 Å². The van der Waals surface area contributed by atoms with Crippen molar-refractivity contribution in [2.75, 3.05) is 4.90 Å². The van der Waals surface area contributed by atoms with Gasteiger partial charge in [0.1, 0.15) is 0 Å². The highest BCUT2D eigenvalue weighted by molar-refractivity contribution is 5.89. The van der Waals surface area contributed by atoms with Crippen molar-refractivity contribution in [2.45, 2.75) is 19.3 Å². The molecule has 0 fully saturated rings. The average molecular weight is 590 g/mol. The maximum Gasteiger partial charge on any atom is 0.0473 e. The normalized spacial score (nSPS) is 12.7. The first-order valence-corrected chi connectivity index (χ1v) is 16.0. The van der Waals surface area contributed by atoms with E-state index in [1.54, 1.807) is 0 Å². The van der Waals surface area contributed by atoms with Crippen LogP contribution in [0.3, 0.4) is 0 Å². The Morgan fingerprint density at radius 3 is 1.37 bits per heavy atom. The van der Waals surface area contributed by atoms with Gasteiger partial charge in [0.05, 0.1) is 0 Å². The van der Waals surface area contributed by atoms with Crippen molar-refractivity contribution in [3.05, 3.63) is 187 Å². The topological polar surface area (TPSA) is 3.24 Å². The molecule has 8 rings (SSSR count). The van der Waals surface area contributed by atoms with E-state index >= 15 is 0 Å². The van der Waals surface area contributed by atoms with Gasteiger partial charge >= 0.3 is 0 Å². The molecule has 0 aromatic heterocycles. The Labute approximate surface area is 272 Å². The van der Waals surface area contributed by atoms with Gasteiger partial charge in [-0.1, -0.05) is 147 Å². The van der Waals surface area contributed by atoms with Crippen LogP contribution < -0.4 is 4.90 Å². The molecule has 0 saturated carbocycles. The van der Waals surface area contributed by atoms with Gasteiger partial charge in [0, 0.05) is 22.5 Å². The third-order valence-electron chi connectivity index (χ3n) is 9.45. The zero-order valence-electron chi connectivity index (χ0n) is 26.2. The van der Waals surface area contributed by atoms with Gasteiger partial charge in [-0.15, -0.1) is 0 Å². The summed E-state index contributed by atoms with van der Waals surface area (Å²) in [7, 11) is 0. The molecule has 46 heavy (non-hydrogen) atoms. The predicted molar refractivity (Wildman–Crippen MR) is 195 cm³/mol. The second-order valence-electron chi connectivity index (χ2n) is 12.6. The van der Waals surface area contributed by atoms with E-state index in [0.717, 1.165) is 17.1 Å². The minimum absolute atomic E-state index is 0.0413. The lowest BCUT2D eigenvalue weighted by atomic mass is 9.82. The summed E-state index contributed by atoms with van der Waals surface area (Å²) in [5.74, 6) is 0. The molecular weight excluding hydrogens is 555 g/mol. The van der Waals surface area contributed by atoms with Crippen molar-refractivity contribution in [1.82, 2.24) is 0 Å². The Kier molecular flexibility index (Phi) is 6.88. The number of fused-ring (bicyclic) bond motifs is 3. The molecule has 1 heteroatoms. The smallest absolute Gasteiger partial charge is 0.0473 e. The Hall–Kier alpha value is -5.66. The lowest BCUT2D eigenvalue weighted by Crippen LogP contribution is -2.15. The summed E-state index contributed by atoms with van der Waals surface area (Å²) in [6, 6.07) is 63.9. The third kappa shape index (κ3) is 4.91. The van der Waals surface area contributed by atoms with Gasteiger partial charge < -0.3 is 4.90 Å². The lowest BCUT2D eigenvalue weighted by Gasteiger charge is -2.28. The Morgan fingerprint density at radius 1 is 0.326 bits per heavy atom. The lowest BCUT2D eigenvalue weighted by molar-refractivity contribution is 0.660. The molecule has 0 radical (unpaired) electrons. The van der Waals surface area contributed by atoms with E-state index in [2.05, 4.69) is 195 Å². The first-order valence-electron chi connectivity index (χ1n) is 16.0. The molecule has 1 nitrogen and oxygen atoms in total. The molecule has 0 N–H and O–H groups in total. The molecule has 0 bridgehead atoms. The summed E-state index contributed by atoms with van der Waals surface area (Å²) in [6.45, 7) is 4.68. The summed E-state index contributed by atoms with van der Waals surface area (Å²) >= 11 is 0. The standard InChI is InChI=1S/C45H35N/c1-45(2)43-21-13-12-20-41(43)42-31-39(26-27-44(42)45)46(38-24-22-35(23-25-38)32-14-6-3-7-15-32)40-29-36(33-16-8-4-9-17-33)28-37(30-40)34-18-10-5-11-19-34/h3-31H,1-2H3. The van der Waals surface area contributed by atoms with Gasteiger partial charge in [-0.05, 0) is 98.1 Å². The van der Waals surface area contributed by atoms with Gasteiger partial charge in [0.15, 0.2) is 0 Å². The van der Waals surface area contributed by atoms with E-state index in [4.69, 9.17) is 0 Å². The second-order valence-corrected chi connectivity index (χ2v) is 12.6. The predicted octanol–water partition coefficient (Wildman–Crippen LogP) is 12.5. The number of benzene rings is 7. The minimum atomic E-state index is -0.0413. The summed E-state index contributed by atoms with van der Waals surface area (Å²) in [5, 5.41) is 0. The van der Waals surface area contributed by atoms with Crippen molar-refractivity contribution >= 4 is 17.1 Å². The van der Waals surface area contributed by atoms with Crippen molar-refractivity contribution in [1.29, 1.82) is 0 Å². The van der Waals surface area contributed by atoms with Crippen LogP contribution in [0.2, 0.25) is 0 Å². The molecule has 0 spiro atoms. The van der Waals surface area contributed by atoms with Crippen molar-refractivity contribution < 1.29 is 0 Å². The van der Waals surface area contributed by atoms with Crippen LogP contribution in [-0.4, -0.2) is 0 Å². The van der Waals surface area contributed by atoms with Crippen molar-refractivity contribution in [2.24, 2.45) is 0 Å². The first-order chi connectivity index (χ1) is 22.6. The van der Waals surface area contributed by atoms with Crippen LogP contribution in [0, 0.1) is 0 Å². The molecule has 0 heterocycles. The third-order valence-corrected chi connectivity index (χ3v) is 9.45. The van der Waals surface area contributed by atoms with Crippen LogP contribution in [-0.2, 0) is 5.41 Å². The monoisotopic (exact) mass is 589 g/mol. The van der Waals surface area contributed by atoms with Crippen LogP contribution in [0.5, 0.6) is 0 Å². The molecule has 220 valence electrons. The zero-order chi connectivity index (χ0) is 31.1. The number of hydrogen-bond acceptors (Lipinski definition) is 1.